The first-order chi connectivity index (χ1) is 5.90. The van der Waals surface area contributed by atoms with Crippen LogP contribution in [-0.4, -0.2) is 11.4 Å². The van der Waals surface area contributed by atoms with Crippen LogP contribution in [0.25, 0.3) is 0 Å². The van der Waals surface area contributed by atoms with Gasteiger partial charge in [0, 0.05) is 0 Å². The van der Waals surface area contributed by atoms with Gasteiger partial charge in [0.05, 0.1) is 19.4 Å². The van der Waals surface area contributed by atoms with Crippen LogP contribution in [0.3, 0.4) is 0 Å². The highest BCUT2D eigenvalue weighted by Gasteiger charge is 2.10. The van der Waals surface area contributed by atoms with E-state index in [1.807, 2.05) is 18.2 Å². The predicted octanol–water partition coefficient (Wildman–Crippen LogP) is 1.52. The Morgan fingerprint density at radius 2 is 2.17 bits per heavy atom. The topological polar surface area (TPSA) is 41.8 Å². The number of nitrogens with zero attached hydrogens (tertiary/aromatic N) is 1. The summed E-state index contributed by atoms with van der Waals surface area (Å²) in [4.78, 5) is 0. The monoisotopic (exact) mass is 163 g/mol. The molecule has 0 amide bonds. The highest BCUT2D eigenvalue weighted by molar-refractivity contribution is 5.79. The zero-order chi connectivity index (χ0) is 8.39. The normalized spacial score (nSPS) is 15.3. The van der Waals surface area contributed by atoms with Crippen molar-refractivity contribution in [2.45, 2.75) is 13.2 Å². The summed E-state index contributed by atoms with van der Waals surface area (Å²) in [5, 5.41) is 11.3. The van der Waals surface area contributed by atoms with Gasteiger partial charge in [-0.2, -0.15) is 0 Å². The standard InChI is InChI=1S/C9H9NO2/c11-10-4-7-1-2-8-5-12-6-9(8)3-7/h1-4,11H,5-6H2/b10-4+. The number of fused-ring (bicyclic) bond motifs is 1. The third-order valence-corrected chi connectivity index (χ3v) is 1.95. The number of hydrogen-bond acceptors (Lipinski definition) is 3. The van der Waals surface area contributed by atoms with Gasteiger partial charge in [-0.3, -0.25) is 0 Å². The van der Waals surface area contributed by atoms with E-state index in [1.165, 1.54) is 17.3 Å². The molecule has 2 rings (SSSR count). The predicted molar refractivity (Wildman–Crippen MR) is 44.3 cm³/mol. The van der Waals surface area contributed by atoms with E-state index in [0.29, 0.717) is 13.2 Å². The zero-order valence-corrected chi connectivity index (χ0v) is 6.53. The summed E-state index contributed by atoms with van der Waals surface area (Å²) in [6.07, 6.45) is 1.42. The quantitative estimate of drug-likeness (QED) is 0.387. The summed E-state index contributed by atoms with van der Waals surface area (Å²) in [7, 11) is 0. The van der Waals surface area contributed by atoms with Gasteiger partial charge < -0.3 is 9.94 Å². The number of hydrogen-bond donors (Lipinski definition) is 1. The van der Waals surface area contributed by atoms with Gasteiger partial charge in [0.25, 0.3) is 0 Å². The molecule has 1 N–H and O–H groups in total. The molecule has 1 aliphatic heterocycles. The Morgan fingerprint density at radius 3 is 3.00 bits per heavy atom. The van der Waals surface area contributed by atoms with E-state index in [4.69, 9.17) is 9.94 Å². The number of rotatable bonds is 1. The first-order valence-corrected chi connectivity index (χ1v) is 3.77. The van der Waals surface area contributed by atoms with Crippen LogP contribution in [-0.2, 0) is 18.0 Å². The minimum absolute atomic E-state index is 0.669. The molecule has 3 heteroatoms. The third kappa shape index (κ3) is 1.19. The highest BCUT2D eigenvalue weighted by Crippen LogP contribution is 2.19. The second kappa shape index (κ2) is 2.95. The first-order valence-electron chi connectivity index (χ1n) is 3.77. The Balaban J connectivity index is 2.38. The highest BCUT2D eigenvalue weighted by atomic mass is 16.5. The number of benzene rings is 1. The van der Waals surface area contributed by atoms with Crippen LogP contribution in [0.5, 0.6) is 0 Å². The number of oxime groups is 1. The van der Waals surface area contributed by atoms with Crippen molar-refractivity contribution in [3.8, 4) is 0 Å². The van der Waals surface area contributed by atoms with Crippen molar-refractivity contribution in [1.29, 1.82) is 0 Å². The average molecular weight is 163 g/mol. The largest absolute Gasteiger partial charge is 0.411 e. The van der Waals surface area contributed by atoms with Crippen molar-refractivity contribution < 1.29 is 9.94 Å². The zero-order valence-electron chi connectivity index (χ0n) is 6.53. The van der Waals surface area contributed by atoms with Gasteiger partial charge >= 0.3 is 0 Å². The van der Waals surface area contributed by atoms with Gasteiger partial charge in [-0.1, -0.05) is 17.3 Å². The Bertz CT molecular complexity index is 320. The van der Waals surface area contributed by atoms with Crippen molar-refractivity contribution in [1.82, 2.24) is 0 Å². The molecule has 0 radical (unpaired) electrons. The molecule has 0 spiro atoms. The summed E-state index contributed by atoms with van der Waals surface area (Å²) >= 11 is 0. The molecular weight excluding hydrogens is 154 g/mol. The summed E-state index contributed by atoms with van der Waals surface area (Å²) < 4.78 is 5.24. The lowest BCUT2D eigenvalue weighted by Gasteiger charge is -1.96. The van der Waals surface area contributed by atoms with Gasteiger partial charge in [-0.25, -0.2) is 0 Å². The van der Waals surface area contributed by atoms with Gasteiger partial charge in [-0.15, -0.1) is 0 Å². The molecule has 0 fully saturated rings. The van der Waals surface area contributed by atoms with E-state index in [2.05, 4.69) is 5.16 Å². The Hall–Kier alpha value is -1.35. The van der Waals surface area contributed by atoms with Crippen molar-refractivity contribution in [3.05, 3.63) is 34.9 Å². The molecule has 3 nitrogen and oxygen atoms in total. The second-order valence-corrected chi connectivity index (χ2v) is 2.77. The van der Waals surface area contributed by atoms with Gasteiger partial charge in [0.2, 0.25) is 0 Å². The van der Waals surface area contributed by atoms with Gasteiger partial charge in [0.1, 0.15) is 0 Å². The molecule has 0 atom stereocenters. The van der Waals surface area contributed by atoms with Gasteiger partial charge in [-0.05, 0) is 22.8 Å². The van der Waals surface area contributed by atoms with E-state index in [-0.39, 0.29) is 0 Å². The summed E-state index contributed by atoms with van der Waals surface area (Å²) in [5.74, 6) is 0. The van der Waals surface area contributed by atoms with Crippen molar-refractivity contribution in [2.75, 3.05) is 0 Å². The van der Waals surface area contributed by atoms with E-state index in [9.17, 15) is 0 Å². The summed E-state index contributed by atoms with van der Waals surface area (Å²) in [6.45, 7) is 1.37. The molecule has 0 unspecified atom stereocenters. The molecular formula is C9H9NO2. The lowest BCUT2D eigenvalue weighted by atomic mass is 10.1. The fourth-order valence-corrected chi connectivity index (χ4v) is 1.34. The third-order valence-electron chi connectivity index (χ3n) is 1.95. The molecule has 1 aliphatic rings. The van der Waals surface area contributed by atoms with Crippen molar-refractivity contribution in [2.24, 2.45) is 5.16 Å². The van der Waals surface area contributed by atoms with Crippen molar-refractivity contribution >= 4 is 6.21 Å². The maximum Gasteiger partial charge on any atom is 0.0733 e. The fraction of sp³-hybridized carbons (Fsp3) is 0.222. The van der Waals surface area contributed by atoms with Crippen LogP contribution in [0.15, 0.2) is 23.4 Å². The second-order valence-electron chi connectivity index (χ2n) is 2.77. The fourth-order valence-electron chi connectivity index (χ4n) is 1.34. The molecule has 12 heavy (non-hydrogen) atoms. The van der Waals surface area contributed by atoms with Crippen LogP contribution >= 0.6 is 0 Å². The smallest absolute Gasteiger partial charge is 0.0733 e. The van der Waals surface area contributed by atoms with Crippen LogP contribution in [0, 0.1) is 0 Å². The SMILES string of the molecule is O/N=C/c1ccc2c(c1)COC2. The van der Waals surface area contributed by atoms with E-state index >= 15 is 0 Å². The molecule has 62 valence electrons. The molecule has 0 aromatic heterocycles. The first kappa shape index (κ1) is 7.31. The van der Waals surface area contributed by atoms with Crippen LogP contribution < -0.4 is 0 Å². The van der Waals surface area contributed by atoms with E-state index < -0.39 is 0 Å². The number of ether oxygens (including phenoxy) is 1. The molecule has 0 aliphatic carbocycles. The van der Waals surface area contributed by atoms with Crippen molar-refractivity contribution in [3.63, 3.8) is 0 Å². The molecule has 1 aromatic carbocycles. The Kier molecular flexibility index (Phi) is 1.80. The lowest BCUT2D eigenvalue weighted by Crippen LogP contribution is -1.86. The lowest BCUT2D eigenvalue weighted by molar-refractivity contribution is 0.134. The van der Waals surface area contributed by atoms with Crippen LogP contribution in [0.4, 0.5) is 0 Å². The van der Waals surface area contributed by atoms with E-state index in [1.54, 1.807) is 0 Å². The molecule has 0 saturated heterocycles. The summed E-state index contributed by atoms with van der Waals surface area (Å²) in [5.41, 5.74) is 3.32. The Morgan fingerprint density at radius 1 is 1.33 bits per heavy atom. The minimum atomic E-state index is 0.669. The maximum atomic E-state index is 8.31. The molecule has 0 saturated carbocycles. The maximum absolute atomic E-state index is 8.31. The molecule has 1 aromatic rings. The minimum Gasteiger partial charge on any atom is -0.411 e. The summed E-state index contributed by atoms with van der Waals surface area (Å²) in [6, 6.07) is 5.88. The average Bonchev–Trinajstić information content (AvgIpc) is 2.51. The van der Waals surface area contributed by atoms with Crippen LogP contribution in [0.2, 0.25) is 0 Å². The van der Waals surface area contributed by atoms with Crippen LogP contribution in [0.1, 0.15) is 16.7 Å². The van der Waals surface area contributed by atoms with E-state index in [0.717, 1.165) is 5.56 Å². The van der Waals surface area contributed by atoms with Gasteiger partial charge in [0.15, 0.2) is 0 Å². The molecule has 1 heterocycles. The Labute approximate surface area is 70.3 Å². The molecule has 0 bridgehead atoms.